The molecule has 1 aromatic rings. The van der Waals surface area contributed by atoms with Gasteiger partial charge < -0.3 is 4.74 Å². The van der Waals surface area contributed by atoms with Crippen LogP contribution in [0.1, 0.15) is 45.7 Å². The van der Waals surface area contributed by atoms with Crippen molar-refractivity contribution in [1.82, 2.24) is 4.90 Å². The molecule has 1 rings (SSSR count). The number of hydrogen-bond acceptors (Lipinski definition) is 2. The van der Waals surface area contributed by atoms with E-state index in [9.17, 15) is 17.6 Å². The van der Waals surface area contributed by atoms with Gasteiger partial charge in [-0.3, -0.25) is 4.90 Å². The zero-order chi connectivity index (χ0) is 16.2. The molecule has 2 nitrogen and oxygen atoms in total. The molecule has 1 unspecified atom stereocenters. The molecule has 0 aromatic heterocycles. The lowest BCUT2D eigenvalue weighted by atomic mass is 10.0. The zero-order valence-corrected chi connectivity index (χ0v) is 12.7. The first-order chi connectivity index (χ1) is 9.65. The van der Waals surface area contributed by atoms with Crippen molar-refractivity contribution >= 4 is 0 Å². The molecule has 0 aliphatic rings. The van der Waals surface area contributed by atoms with E-state index >= 15 is 0 Å². The van der Waals surface area contributed by atoms with Gasteiger partial charge in [0.25, 0.3) is 0 Å². The van der Waals surface area contributed by atoms with E-state index in [1.54, 1.807) is 0 Å². The number of halogens is 4. The molecule has 1 aromatic carbocycles. The van der Waals surface area contributed by atoms with Crippen LogP contribution >= 0.6 is 0 Å². The van der Waals surface area contributed by atoms with Gasteiger partial charge in [0, 0.05) is 23.7 Å². The van der Waals surface area contributed by atoms with Crippen LogP contribution in [0.15, 0.2) is 18.2 Å². The second kappa shape index (κ2) is 7.11. The summed E-state index contributed by atoms with van der Waals surface area (Å²) in [7, 11) is 0. The lowest BCUT2D eigenvalue weighted by Crippen LogP contribution is -2.34. The van der Waals surface area contributed by atoms with E-state index in [-0.39, 0.29) is 12.1 Å². The minimum absolute atomic E-state index is 0.213. The molecule has 0 aliphatic heterocycles. The Morgan fingerprint density at radius 2 is 1.81 bits per heavy atom. The Morgan fingerprint density at radius 1 is 1.19 bits per heavy atom. The molecule has 0 fully saturated rings. The fourth-order valence-electron chi connectivity index (χ4n) is 2.38. The zero-order valence-electron chi connectivity index (χ0n) is 12.7. The summed E-state index contributed by atoms with van der Waals surface area (Å²) in [6.45, 7) is 8.67. The highest BCUT2D eigenvalue weighted by atomic mass is 19.4. The highest BCUT2D eigenvalue weighted by Gasteiger charge is 2.31. The van der Waals surface area contributed by atoms with Crippen LogP contribution in [0, 0.1) is 5.82 Å². The van der Waals surface area contributed by atoms with Crippen LogP contribution < -0.4 is 4.74 Å². The number of nitrogens with zero attached hydrogens (tertiary/aromatic N) is 1. The molecule has 0 aliphatic carbocycles. The standard InChI is InChI=1S/C15H21F4NO/c1-5-8-20(10(2)3)11(4)13-7-6-12(9-14(13)16)21-15(17,18)19/h6-7,9-11H,5,8H2,1-4H3. The Bertz CT molecular complexity index is 459. The number of alkyl halides is 3. The van der Waals surface area contributed by atoms with Crippen LogP contribution in [0.2, 0.25) is 0 Å². The molecule has 0 saturated heterocycles. The average Bonchev–Trinajstić information content (AvgIpc) is 2.33. The van der Waals surface area contributed by atoms with Gasteiger partial charge in [-0.2, -0.15) is 0 Å². The molecule has 120 valence electrons. The van der Waals surface area contributed by atoms with E-state index in [2.05, 4.69) is 9.64 Å². The van der Waals surface area contributed by atoms with Crippen molar-refractivity contribution in [3.8, 4) is 5.75 Å². The van der Waals surface area contributed by atoms with Gasteiger partial charge in [0.05, 0.1) is 0 Å². The molecule has 1 atom stereocenters. The Labute approximate surface area is 122 Å². The second-order valence-electron chi connectivity index (χ2n) is 5.24. The molecule has 0 radical (unpaired) electrons. The summed E-state index contributed by atoms with van der Waals surface area (Å²) in [6.07, 6.45) is -3.90. The first-order valence-electron chi connectivity index (χ1n) is 6.96. The second-order valence-corrected chi connectivity index (χ2v) is 5.24. The molecule has 0 N–H and O–H groups in total. The highest BCUT2D eigenvalue weighted by molar-refractivity contribution is 5.31. The van der Waals surface area contributed by atoms with Crippen LogP contribution in [0.3, 0.4) is 0 Å². The maximum Gasteiger partial charge on any atom is 0.573 e. The third-order valence-electron chi connectivity index (χ3n) is 3.30. The van der Waals surface area contributed by atoms with Crippen molar-refractivity contribution in [3.63, 3.8) is 0 Å². The van der Waals surface area contributed by atoms with Crippen molar-refractivity contribution in [2.45, 2.75) is 52.6 Å². The molecule has 6 heteroatoms. The maximum absolute atomic E-state index is 14.1. The quantitative estimate of drug-likeness (QED) is 0.693. The molecule has 0 bridgehead atoms. The smallest absolute Gasteiger partial charge is 0.406 e. The summed E-state index contributed by atoms with van der Waals surface area (Å²) in [6, 6.07) is 3.28. The summed E-state index contributed by atoms with van der Waals surface area (Å²) in [4.78, 5) is 2.10. The average molecular weight is 307 g/mol. The van der Waals surface area contributed by atoms with E-state index in [0.717, 1.165) is 25.1 Å². The lowest BCUT2D eigenvalue weighted by molar-refractivity contribution is -0.274. The lowest BCUT2D eigenvalue weighted by Gasteiger charge is -2.33. The fourth-order valence-corrected chi connectivity index (χ4v) is 2.38. The fraction of sp³-hybridized carbons (Fsp3) is 0.600. The van der Waals surface area contributed by atoms with E-state index < -0.39 is 17.9 Å². The van der Waals surface area contributed by atoms with Crippen molar-refractivity contribution in [2.24, 2.45) is 0 Å². The molecule has 0 heterocycles. The molecule has 0 amide bonds. The third-order valence-corrected chi connectivity index (χ3v) is 3.30. The summed E-state index contributed by atoms with van der Waals surface area (Å²) in [5.41, 5.74) is 0.367. The Morgan fingerprint density at radius 3 is 2.24 bits per heavy atom. The predicted molar refractivity (Wildman–Crippen MR) is 73.6 cm³/mol. The first-order valence-corrected chi connectivity index (χ1v) is 6.96. The van der Waals surface area contributed by atoms with Crippen LogP contribution in [0.25, 0.3) is 0 Å². The molecular formula is C15H21F4NO. The normalized spacial score (nSPS) is 13.8. The molecule has 0 spiro atoms. The number of hydrogen-bond donors (Lipinski definition) is 0. The van der Waals surface area contributed by atoms with Gasteiger partial charge in [-0.15, -0.1) is 13.2 Å². The minimum Gasteiger partial charge on any atom is -0.406 e. The van der Waals surface area contributed by atoms with Crippen LogP contribution in [-0.2, 0) is 0 Å². The third kappa shape index (κ3) is 5.19. The van der Waals surface area contributed by atoms with Crippen molar-refractivity contribution in [3.05, 3.63) is 29.6 Å². The monoisotopic (exact) mass is 307 g/mol. The Balaban J connectivity index is 2.98. The van der Waals surface area contributed by atoms with Gasteiger partial charge in [-0.05, 0) is 39.8 Å². The topological polar surface area (TPSA) is 12.5 Å². The van der Waals surface area contributed by atoms with Crippen molar-refractivity contribution in [1.29, 1.82) is 0 Å². The van der Waals surface area contributed by atoms with Gasteiger partial charge >= 0.3 is 6.36 Å². The summed E-state index contributed by atoms with van der Waals surface area (Å²) < 4.78 is 54.1. The Hall–Kier alpha value is -1.30. The predicted octanol–water partition coefficient (Wildman–Crippen LogP) is 4.91. The minimum atomic E-state index is -4.81. The van der Waals surface area contributed by atoms with Gasteiger partial charge in [0.2, 0.25) is 0 Å². The number of benzene rings is 1. The molecular weight excluding hydrogens is 286 g/mol. The number of ether oxygens (including phenoxy) is 1. The number of rotatable bonds is 6. The Kier molecular flexibility index (Phi) is 6.01. The van der Waals surface area contributed by atoms with Crippen molar-refractivity contribution < 1.29 is 22.3 Å². The van der Waals surface area contributed by atoms with Gasteiger partial charge in [0.15, 0.2) is 0 Å². The van der Waals surface area contributed by atoms with Crippen LogP contribution in [-0.4, -0.2) is 23.8 Å². The summed E-state index contributed by atoms with van der Waals surface area (Å²) in [5, 5.41) is 0. The highest BCUT2D eigenvalue weighted by Crippen LogP contribution is 2.29. The maximum atomic E-state index is 14.1. The van der Waals surface area contributed by atoms with Gasteiger partial charge in [-0.25, -0.2) is 4.39 Å². The summed E-state index contributed by atoms with van der Waals surface area (Å²) >= 11 is 0. The molecule has 0 saturated carbocycles. The van der Waals surface area contributed by atoms with Crippen LogP contribution in [0.4, 0.5) is 17.6 Å². The van der Waals surface area contributed by atoms with E-state index in [4.69, 9.17) is 0 Å². The van der Waals surface area contributed by atoms with Gasteiger partial charge in [0.1, 0.15) is 11.6 Å². The summed E-state index contributed by atoms with van der Waals surface area (Å²) in [5.74, 6) is -1.23. The van der Waals surface area contributed by atoms with Crippen LogP contribution in [0.5, 0.6) is 5.75 Å². The van der Waals surface area contributed by atoms with Crippen molar-refractivity contribution in [2.75, 3.05) is 6.54 Å². The van der Waals surface area contributed by atoms with E-state index in [0.29, 0.717) is 5.56 Å². The largest absolute Gasteiger partial charge is 0.573 e. The first kappa shape index (κ1) is 17.8. The molecule has 21 heavy (non-hydrogen) atoms. The van der Waals surface area contributed by atoms with E-state index in [1.807, 2.05) is 27.7 Å². The SMILES string of the molecule is CCCN(C(C)C)C(C)c1ccc(OC(F)(F)F)cc1F. The van der Waals surface area contributed by atoms with E-state index in [1.165, 1.54) is 6.07 Å². The van der Waals surface area contributed by atoms with Gasteiger partial charge in [-0.1, -0.05) is 13.0 Å².